The van der Waals surface area contributed by atoms with Gasteiger partial charge in [0.2, 0.25) is 0 Å². The summed E-state index contributed by atoms with van der Waals surface area (Å²) in [6, 6.07) is 43.8. The van der Waals surface area contributed by atoms with Crippen molar-refractivity contribution in [2.24, 2.45) is 0 Å². The first kappa shape index (κ1) is 26.8. The summed E-state index contributed by atoms with van der Waals surface area (Å²) in [6.45, 7) is 13.8. The van der Waals surface area contributed by atoms with Gasteiger partial charge in [0.05, 0.1) is 24.6 Å². The van der Waals surface area contributed by atoms with Gasteiger partial charge in [-0.2, -0.15) is 6.66 Å². The fourth-order valence-corrected chi connectivity index (χ4v) is 15.3. The van der Waals surface area contributed by atoms with Crippen LogP contribution in [0.3, 0.4) is 0 Å². The Morgan fingerprint density at radius 3 is 1.74 bits per heavy atom. The molecule has 1 heterocycles. The molecule has 0 saturated carbocycles. The standard InChI is InChI=1S/C34H38N2P2/c1-5-6-27-36(37(3,31-23-15-9-16-24-31)32-25-17-10-18-26-32)38(4)33(29-19-11-7-12-20-29)28-35(2)34(38)30-21-13-8-14-22-30/h7-26,28,34H,3-6,27H2,1-2H3/t34-,38?/m1/s1. The zero-order chi connectivity index (χ0) is 26.6. The number of hydrogen-bond acceptors (Lipinski definition) is 2. The Bertz CT molecular complexity index is 1300. The molecule has 2 nitrogen and oxygen atoms in total. The van der Waals surface area contributed by atoms with E-state index in [1.165, 1.54) is 27.1 Å². The fourth-order valence-electron chi connectivity index (χ4n) is 5.75. The fraction of sp³-hybridized carbons (Fsp3) is 0.176. The van der Waals surface area contributed by atoms with Gasteiger partial charge in [-0.25, -0.2) is 0 Å². The largest absolute Gasteiger partial charge is 0.339 e. The Balaban J connectivity index is 1.80. The molecular formula is C34H38N2P2. The van der Waals surface area contributed by atoms with Gasteiger partial charge in [0.25, 0.3) is 0 Å². The van der Waals surface area contributed by atoms with Crippen molar-refractivity contribution in [2.75, 3.05) is 13.6 Å². The molecule has 1 aliphatic rings. The molecule has 4 aromatic rings. The average Bonchev–Trinajstić information content (AvgIpc) is 3.25. The normalized spacial score (nSPS) is 19.6. The second-order valence-corrected chi connectivity index (χ2v) is 16.5. The summed E-state index contributed by atoms with van der Waals surface area (Å²) in [4.78, 5) is 2.41. The van der Waals surface area contributed by atoms with E-state index in [9.17, 15) is 0 Å². The van der Waals surface area contributed by atoms with Crippen LogP contribution in [0.15, 0.2) is 128 Å². The van der Waals surface area contributed by atoms with Gasteiger partial charge in [-0.3, -0.25) is 0 Å². The van der Waals surface area contributed by atoms with Gasteiger partial charge in [0.15, 0.2) is 5.78 Å². The molecule has 0 aromatic heterocycles. The molecule has 1 unspecified atom stereocenters. The molecule has 38 heavy (non-hydrogen) atoms. The Labute approximate surface area is 230 Å². The molecule has 0 N–H and O–H groups in total. The van der Waals surface area contributed by atoms with E-state index in [4.69, 9.17) is 13.3 Å². The highest BCUT2D eigenvalue weighted by Gasteiger charge is 2.59. The average molecular weight is 537 g/mol. The predicted octanol–water partition coefficient (Wildman–Crippen LogP) is 8.83. The molecule has 1 aliphatic heterocycles. The molecule has 2 atom stereocenters. The summed E-state index contributed by atoms with van der Waals surface area (Å²) < 4.78 is 2.81. The van der Waals surface area contributed by atoms with Gasteiger partial charge < -0.3 is 4.90 Å². The third-order valence-electron chi connectivity index (χ3n) is 7.59. The van der Waals surface area contributed by atoms with Crippen molar-refractivity contribution in [3.63, 3.8) is 0 Å². The lowest BCUT2D eigenvalue weighted by Gasteiger charge is -2.50. The Hall–Kier alpha value is -2.76. The molecular weight excluding hydrogens is 498 g/mol. The van der Waals surface area contributed by atoms with Crippen LogP contribution in [0.25, 0.3) is 5.31 Å². The van der Waals surface area contributed by atoms with Gasteiger partial charge in [-0.05, 0) is 30.7 Å². The van der Waals surface area contributed by atoms with Crippen molar-refractivity contribution < 1.29 is 0 Å². The molecule has 0 saturated heterocycles. The van der Waals surface area contributed by atoms with E-state index in [1.54, 1.807) is 0 Å². The molecule has 0 bridgehead atoms. The van der Waals surface area contributed by atoms with E-state index in [1.807, 2.05) is 0 Å². The van der Waals surface area contributed by atoms with Crippen LogP contribution in [-0.4, -0.2) is 22.9 Å². The van der Waals surface area contributed by atoms with E-state index < -0.39 is 14.8 Å². The van der Waals surface area contributed by atoms with Gasteiger partial charge in [0.1, 0.15) is 5.31 Å². The minimum absolute atomic E-state index is 0.143. The molecule has 0 radical (unpaired) electrons. The molecule has 4 aromatic carbocycles. The van der Waals surface area contributed by atoms with Crippen molar-refractivity contribution >= 4 is 30.7 Å². The number of hydrogen-bond donors (Lipinski definition) is 0. The van der Waals surface area contributed by atoms with Crippen LogP contribution in [0.1, 0.15) is 36.7 Å². The first-order valence-electron chi connectivity index (χ1n) is 13.4. The lowest BCUT2D eigenvalue weighted by atomic mass is 10.2. The maximum atomic E-state index is 5.32. The molecule has 0 fully saturated rings. The van der Waals surface area contributed by atoms with Gasteiger partial charge >= 0.3 is 0 Å². The van der Waals surface area contributed by atoms with Crippen LogP contribution >= 0.6 is 14.8 Å². The van der Waals surface area contributed by atoms with E-state index >= 15 is 0 Å². The summed E-state index contributed by atoms with van der Waals surface area (Å²) in [5.74, 6) is 0.143. The van der Waals surface area contributed by atoms with Crippen LogP contribution in [0, 0.1) is 13.3 Å². The quantitative estimate of drug-likeness (QED) is 0.156. The minimum Gasteiger partial charge on any atom is -0.339 e. The van der Waals surface area contributed by atoms with Crippen molar-refractivity contribution in [1.82, 2.24) is 9.34 Å². The highest BCUT2D eigenvalue weighted by Crippen LogP contribution is 2.89. The SMILES string of the molecule is [CH2-][P+](c1ccccc1)(c1ccccc1)N(CCCC)[P+]1([CH2-])C(c2ccccc2)=CN(C)[C@H]1c1ccccc1. The Kier molecular flexibility index (Phi) is 8.15. The Morgan fingerprint density at radius 1 is 0.763 bits per heavy atom. The maximum absolute atomic E-state index is 5.32. The monoisotopic (exact) mass is 536 g/mol. The van der Waals surface area contributed by atoms with Gasteiger partial charge in [-0.1, -0.05) is 110 Å². The lowest BCUT2D eigenvalue weighted by Crippen LogP contribution is -2.37. The lowest BCUT2D eigenvalue weighted by molar-refractivity contribution is 0.433. The van der Waals surface area contributed by atoms with Crippen LogP contribution in [-0.2, 0) is 0 Å². The predicted molar refractivity (Wildman–Crippen MR) is 170 cm³/mol. The van der Waals surface area contributed by atoms with Crippen LogP contribution in [0.5, 0.6) is 0 Å². The summed E-state index contributed by atoms with van der Waals surface area (Å²) in [5, 5.41) is 3.96. The number of benzene rings is 4. The number of unbranched alkanes of at least 4 members (excludes halogenated alkanes) is 1. The second-order valence-electron chi connectivity index (χ2n) is 10.0. The van der Waals surface area contributed by atoms with Crippen molar-refractivity contribution in [3.05, 3.63) is 152 Å². The van der Waals surface area contributed by atoms with E-state index in [2.05, 4.69) is 151 Å². The van der Waals surface area contributed by atoms with Crippen LogP contribution in [0.2, 0.25) is 0 Å². The molecule has 0 aliphatic carbocycles. The highest BCUT2D eigenvalue weighted by atomic mass is 31.2. The maximum Gasteiger partial charge on any atom is 0.162 e. The summed E-state index contributed by atoms with van der Waals surface area (Å²) in [5.41, 5.74) is 2.57. The smallest absolute Gasteiger partial charge is 0.162 e. The number of nitrogens with zero attached hydrogens (tertiary/aromatic N) is 2. The second kappa shape index (κ2) is 11.5. The third-order valence-corrected chi connectivity index (χ3v) is 16.5. The van der Waals surface area contributed by atoms with Crippen LogP contribution in [0.4, 0.5) is 0 Å². The zero-order valence-electron chi connectivity index (χ0n) is 22.5. The summed E-state index contributed by atoms with van der Waals surface area (Å²) in [7, 11) is -2.32. The van der Waals surface area contributed by atoms with Crippen molar-refractivity contribution in [1.29, 1.82) is 0 Å². The van der Waals surface area contributed by atoms with Crippen LogP contribution < -0.4 is 10.6 Å². The zero-order valence-corrected chi connectivity index (χ0v) is 24.3. The highest BCUT2D eigenvalue weighted by molar-refractivity contribution is 8.00. The van der Waals surface area contributed by atoms with E-state index in [0.717, 1.165) is 19.4 Å². The topological polar surface area (TPSA) is 6.48 Å². The van der Waals surface area contributed by atoms with Crippen molar-refractivity contribution in [3.8, 4) is 0 Å². The Morgan fingerprint density at radius 2 is 1.24 bits per heavy atom. The summed E-state index contributed by atoms with van der Waals surface area (Å²) in [6.07, 6.45) is 4.59. The number of rotatable bonds is 9. The van der Waals surface area contributed by atoms with Crippen molar-refractivity contribution in [2.45, 2.75) is 25.5 Å². The van der Waals surface area contributed by atoms with Gasteiger partial charge in [-0.15, -0.1) is 11.1 Å². The molecule has 194 valence electrons. The minimum atomic E-state index is -2.28. The first-order valence-corrected chi connectivity index (χ1v) is 17.3. The molecule has 4 heteroatoms. The van der Waals surface area contributed by atoms with E-state index in [-0.39, 0.29) is 5.78 Å². The molecule has 0 amide bonds. The third kappa shape index (κ3) is 4.76. The molecule has 0 spiro atoms. The molecule has 5 rings (SSSR count). The van der Waals surface area contributed by atoms with E-state index in [0.29, 0.717) is 0 Å². The van der Waals surface area contributed by atoms with Gasteiger partial charge in [0, 0.05) is 31.8 Å². The summed E-state index contributed by atoms with van der Waals surface area (Å²) >= 11 is 0. The first-order chi connectivity index (χ1) is 18.5.